The Morgan fingerprint density at radius 2 is 0.836 bits per heavy atom. The third kappa shape index (κ3) is 52.1. The minimum absolute atomic E-state index is 0.00934. The molecule has 67 heavy (non-hydrogen) atoms. The number of aliphatic hydroxyl groups is 1. The number of hydrogen-bond donors (Lipinski definition) is 2. The van der Waals surface area contributed by atoms with Gasteiger partial charge in [0, 0.05) is 6.42 Å². The van der Waals surface area contributed by atoms with Crippen molar-refractivity contribution in [2.45, 2.75) is 276 Å². The van der Waals surface area contributed by atoms with Crippen LogP contribution in [0, 0.1) is 0 Å². The van der Waals surface area contributed by atoms with E-state index < -0.39 is 26.6 Å². The highest BCUT2D eigenvalue weighted by molar-refractivity contribution is 7.45. The van der Waals surface area contributed by atoms with Gasteiger partial charge in [0.25, 0.3) is 7.82 Å². The van der Waals surface area contributed by atoms with E-state index in [1.165, 1.54) is 199 Å². The van der Waals surface area contributed by atoms with Crippen LogP contribution in [0.2, 0.25) is 0 Å². The highest BCUT2D eigenvalue weighted by atomic mass is 31.2. The van der Waals surface area contributed by atoms with Crippen LogP contribution in [-0.4, -0.2) is 68.5 Å². The molecule has 394 valence electrons. The van der Waals surface area contributed by atoms with Crippen molar-refractivity contribution in [2.24, 2.45) is 0 Å². The lowest BCUT2D eigenvalue weighted by Gasteiger charge is -2.29. The molecule has 3 atom stereocenters. The average molecular weight is 964 g/mol. The van der Waals surface area contributed by atoms with Crippen molar-refractivity contribution in [3.05, 3.63) is 48.6 Å². The molecule has 0 heterocycles. The number of phosphoric acid groups is 1. The van der Waals surface area contributed by atoms with E-state index in [2.05, 4.69) is 55.6 Å². The third-order valence-electron chi connectivity index (χ3n) is 12.7. The van der Waals surface area contributed by atoms with Crippen molar-refractivity contribution < 1.29 is 32.9 Å². The minimum Gasteiger partial charge on any atom is -0.756 e. The van der Waals surface area contributed by atoms with Gasteiger partial charge in [-0.3, -0.25) is 9.36 Å². The molecule has 9 heteroatoms. The van der Waals surface area contributed by atoms with Crippen LogP contribution in [0.1, 0.15) is 264 Å². The van der Waals surface area contributed by atoms with Gasteiger partial charge in [-0.05, 0) is 70.6 Å². The Bertz CT molecular complexity index is 1230. The number of aliphatic hydroxyl groups excluding tert-OH is 1. The number of nitrogens with zero attached hydrogens (tertiary/aromatic N) is 1. The first-order valence-corrected chi connectivity index (χ1v) is 30.0. The number of carbonyl (C=O) groups excluding carboxylic acids is 1. The number of phosphoric ester groups is 1. The van der Waals surface area contributed by atoms with Crippen molar-refractivity contribution >= 4 is 13.7 Å². The topological polar surface area (TPSA) is 108 Å². The second-order valence-electron chi connectivity index (χ2n) is 20.6. The molecule has 0 rings (SSSR count). The first-order valence-electron chi connectivity index (χ1n) is 28.5. The number of unbranched alkanes of at least 4 members (excludes halogenated alkanes) is 33. The van der Waals surface area contributed by atoms with Gasteiger partial charge in [0.05, 0.1) is 39.9 Å². The van der Waals surface area contributed by atoms with E-state index in [-0.39, 0.29) is 12.5 Å². The molecule has 0 aliphatic carbocycles. The maximum absolute atomic E-state index is 13.0. The predicted molar refractivity (Wildman–Crippen MR) is 288 cm³/mol. The molecule has 0 aliphatic heterocycles. The standard InChI is InChI=1S/C58H111N2O6P/c1-6-8-10-12-14-16-18-20-22-24-26-28-30-32-34-36-38-40-42-44-46-48-50-52-58(62)59-56(55-66-67(63,64)65-54-53-60(3,4)5)57(61)51-49-47-45-43-41-39-37-35-33-31-29-27-25-23-21-19-17-15-13-11-9-7-2/h24,26,33,35,41,43,49,51,56-57,61H,6-23,25,27-32,34,36-40,42,44-48,50,52-55H2,1-5H3,(H-,59,62,63,64)/b26-24-,35-33+,43-41+,51-49+. The van der Waals surface area contributed by atoms with Crippen molar-refractivity contribution in [1.29, 1.82) is 0 Å². The summed E-state index contributed by atoms with van der Waals surface area (Å²) in [6.45, 7) is 4.64. The van der Waals surface area contributed by atoms with Gasteiger partial charge in [0.2, 0.25) is 5.91 Å². The molecule has 0 saturated heterocycles. The first kappa shape index (κ1) is 65.5. The number of carbonyl (C=O) groups is 1. The molecule has 0 aliphatic rings. The van der Waals surface area contributed by atoms with E-state index in [4.69, 9.17) is 9.05 Å². The predicted octanol–water partition coefficient (Wildman–Crippen LogP) is 16.5. The first-order chi connectivity index (χ1) is 32.5. The largest absolute Gasteiger partial charge is 0.756 e. The van der Waals surface area contributed by atoms with Crippen molar-refractivity contribution in [1.82, 2.24) is 5.32 Å². The fourth-order valence-corrected chi connectivity index (χ4v) is 8.96. The van der Waals surface area contributed by atoms with Gasteiger partial charge in [-0.2, -0.15) is 0 Å². The summed E-state index contributed by atoms with van der Waals surface area (Å²) in [6, 6.07) is -0.911. The Morgan fingerprint density at radius 1 is 0.507 bits per heavy atom. The number of likely N-dealkylation sites (N-methyl/N-ethyl adjacent to an activating group) is 1. The zero-order chi connectivity index (χ0) is 49.2. The van der Waals surface area contributed by atoms with E-state index >= 15 is 0 Å². The zero-order valence-corrected chi connectivity index (χ0v) is 45.7. The lowest BCUT2D eigenvalue weighted by Crippen LogP contribution is -2.45. The SMILES string of the molecule is CCCCCCCCCC/C=C\CCCCCCCCCCCCCC(=O)NC(COP(=O)([O-])OCC[N+](C)(C)C)C(O)/C=C/CC/C=C/CC/C=C/CCCCCCCCCCCCCC. The Balaban J connectivity index is 4.30. The lowest BCUT2D eigenvalue weighted by molar-refractivity contribution is -0.870. The van der Waals surface area contributed by atoms with Gasteiger partial charge in [0.1, 0.15) is 13.2 Å². The van der Waals surface area contributed by atoms with Gasteiger partial charge >= 0.3 is 0 Å². The van der Waals surface area contributed by atoms with Gasteiger partial charge < -0.3 is 28.8 Å². The third-order valence-corrected chi connectivity index (χ3v) is 13.7. The highest BCUT2D eigenvalue weighted by Gasteiger charge is 2.23. The lowest BCUT2D eigenvalue weighted by atomic mass is 10.0. The smallest absolute Gasteiger partial charge is 0.268 e. The summed E-state index contributed by atoms with van der Waals surface area (Å²) in [5, 5.41) is 13.9. The summed E-state index contributed by atoms with van der Waals surface area (Å²) in [4.78, 5) is 25.5. The zero-order valence-electron chi connectivity index (χ0n) is 44.9. The number of allylic oxidation sites excluding steroid dienone is 7. The summed E-state index contributed by atoms with van der Waals surface area (Å²) in [5.74, 6) is -0.210. The molecule has 0 spiro atoms. The molecule has 0 radical (unpaired) electrons. The van der Waals surface area contributed by atoms with E-state index in [9.17, 15) is 19.4 Å². The van der Waals surface area contributed by atoms with Crippen molar-refractivity contribution in [3.8, 4) is 0 Å². The summed E-state index contributed by atoms with van der Waals surface area (Å²) < 4.78 is 23.3. The molecule has 8 nitrogen and oxygen atoms in total. The van der Waals surface area contributed by atoms with Crippen molar-refractivity contribution in [3.63, 3.8) is 0 Å². The molecule has 3 unspecified atom stereocenters. The quantitative estimate of drug-likeness (QED) is 0.0272. The van der Waals surface area contributed by atoms with Gasteiger partial charge in [-0.15, -0.1) is 0 Å². The fraction of sp³-hybridized carbons (Fsp3) is 0.845. The van der Waals surface area contributed by atoms with Crippen LogP contribution in [0.15, 0.2) is 48.6 Å². The molecule has 0 bridgehead atoms. The van der Waals surface area contributed by atoms with Crippen LogP contribution >= 0.6 is 7.82 Å². The van der Waals surface area contributed by atoms with E-state index in [0.29, 0.717) is 17.4 Å². The molecule has 1 amide bonds. The number of quaternary nitrogens is 1. The number of amides is 1. The Labute approximate surface area is 416 Å². The van der Waals surface area contributed by atoms with E-state index in [1.54, 1.807) is 6.08 Å². The fourth-order valence-electron chi connectivity index (χ4n) is 8.24. The number of hydrogen-bond acceptors (Lipinski definition) is 6. The van der Waals surface area contributed by atoms with Gasteiger partial charge in [-0.25, -0.2) is 0 Å². The summed E-state index contributed by atoms with van der Waals surface area (Å²) >= 11 is 0. The maximum atomic E-state index is 13.0. The highest BCUT2D eigenvalue weighted by Crippen LogP contribution is 2.38. The maximum Gasteiger partial charge on any atom is 0.268 e. The molecule has 0 aromatic carbocycles. The molecule has 0 aromatic rings. The molecule has 0 fully saturated rings. The summed E-state index contributed by atoms with van der Waals surface area (Å²) in [5.41, 5.74) is 0. The Morgan fingerprint density at radius 3 is 1.21 bits per heavy atom. The van der Waals surface area contributed by atoms with E-state index in [1.807, 2.05) is 27.2 Å². The summed E-state index contributed by atoms with van der Waals surface area (Å²) in [7, 11) is 1.24. The van der Waals surface area contributed by atoms with Gasteiger partial charge in [-0.1, -0.05) is 236 Å². The normalized spacial score (nSPS) is 14.3. The monoisotopic (exact) mass is 963 g/mol. The molecular formula is C58H111N2O6P. The second-order valence-corrected chi connectivity index (χ2v) is 22.0. The van der Waals surface area contributed by atoms with Crippen LogP contribution in [0.25, 0.3) is 0 Å². The number of rotatable bonds is 52. The van der Waals surface area contributed by atoms with Crippen LogP contribution in [0.5, 0.6) is 0 Å². The Kier molecular flexibility index (Phi) is 48.3. The average Bonchev–Trinajstić information content (AvgIpc) is 3.29. The summed E-state index contributed by atoms with van der Waals surface area (Å²) in [6.07, 6.45) is 64.7. The second kappa shape index (κ2) is 49.4. The van der Waals surface area contributed by atoms with Crippen molar-refractivity contribution in [2.75, 3.05) is 40.9 Å². The van der Waals surface area contributed by atoms with Crippen LogP contribution < -0.4 is 10.2 Å². The molecule has 0 aromatic heterocycles. The van der Waals surface area contributed by atoms with Crippen LogP contribution in [-0.2, 0) is 18.4 Å². The van der Waals surface area contributed by atoms with Crippen LogP contribution in [0.4, 0.5) is 0 Å². The molecular weight excluding hydrogens is 852 g/mol. The minimum atomic E-state index is -4.61. The van der Waals surface area contributed by atoms with Gasteiger partial charge in [0.15, 0.2) is 0 Å². The molecule has 0 saturated carbocycles. The van der Waals surface area contributed by atoms with Crippen LogP contribution in [0.3, 0.4) is 0 Å². The Hall–Kier alpha value is -1.54. The number of nitrogens with one attached hydrogen (secondary N) is 1. The molecule has 2 N–H and O–H groups in total. The van der Waals surface area contributed by atoms with E-state index in [0.717, 1.165) is 44.9 Å².